The van der Waals surface area contributed by atoms with Crippen molar-refractivity contribution in [3.05, 3.63) is 29.7 Å². The molecule has 0 radical (unpaired) electrons. The lowest BCUT2D eigenvalue weighted by Crippen LogP contribution is -2.40. The van der Waals surface area contributed by atoms with Gasteiger partial charge in [0.1, 0.15) is 17.5 Å². The number of hydrogen-bond acceptors (Lipinski definition) is 4. The molecule has 2 rings (SSSR count). The van der Waals surface area contributed by atoms with Crippen LogP contribution in [0.4, 0.5) is 0 Å². The molecule has 1 amide bonds. The second-order valence-corrected chi connectivity index (χ2v) is 4.73. The molecule has 2 aromatic heterocycles. The van der Waals surface area contributed by atoms with Gasteiger partial charge in [0.05, 0.1) is 0 Å². The summed E-state index contributed by atoms with van der Waals surface area (Å²) in [6, 6.07) is 4.19. The molecule has 0 aliphatic heterocycles. The van der Waals surface area contributed by atoms with Crippen molar-refractivity contribution >= 4 is 11.9 Å². The third-order valence-corrected chi connectivity index (χ3v) is 3.00. The number of nitrogens with one attached hydrogen (secondary N) is 2. The van der Waals surface area contributed by atoms with Crippen LogP contribution in [-0.2, 0) is 4.79 Å². The van der Waals surface area contributed by atoms with Gasteiger partial charge in [-0.05, 0) is 25.5 Å². The van der Waals surface area contributed by atoms with E-state index in [9.17, 15) is 9.59 Å². The van der Waals surface area contributed by atoms with Crippen LogP contribution in [0, 0.1) is 6.92 Å². The van der Waals surface area contributed by atoms with E-state index in [4.69, 9.17) is 9.52 Å². The number of furan rings is 1. The van der Waals surface area contributed by atoms with Crippen molar-refractivity contribution in [2.75, 3.05) is 0 Å². The minimum absolute atomic E-state index is 0.126. The number of rotatable bonds is 6. The highest BCUT2D eigenvalue weighted by atomic mass is 16.4. The van der Waals surface area contributed by atoms with Crippen molar-refractivity contribution in [2.45, 2.75) is 32.7 Å². The SMILES string of the molecule is CCCC(NC(=O)c1cc(-c2ccc(C)o2)[nH]n1)C(=O)O. The molecule has 0 aliphatic rings. The molecule has 3 N–H and O–H groups in total. The third-order valence-electron chi connectivity index (χ3n) is 3.00. The number of amides is 1. The summed E-state index contributed by atoms with van der Waals surface area (Å²) in [6.45, 7) is 3.67. The molecule has 1 unspecified atom stereocenters. The summed E-state index contributed by atoms with van der Waals surface area (Å²) in [6.07, 6.45) is 1.03. The quantitative estimate of drug-likeness (QED) is 0.754. The lowest BCUT2D eigenvalue weighted by molar-refractivity contribution is -0.139. The zero-order chi connectivity index (χ0) is 15.4. The van der Waals surface area contributed by atoms with E-state index < -0.39 is 17.9 Å². The van der Waals surface area contributed by atoms with Crippen LogP contribution in [0.2, 0.25) is 0 Å². The maximum atomic E-state index is 12.0. The van der Waals surface area contributed by atoms with Crippen molar-refractivity contribution in [1.29, 1.82) is 0 Å². The van der Waals surface area contributed by atoms with Crippen LogP contribution in [0.5, 0.6) is 0 Å². The Morgan fingerprint density at radius 1 is 1.48 bits per heavy atom. The minimum Gasteiger partial charge on any atom is -0.480 e. The van der Waals surface area contributed by atoms with E-state index in [1.165, 1.54) is 6.07 Å². The number of carboxylic acids is 1. The van der Waals surface area contributed by atoms with Crippen molar-refractivity contribution in [2.24, 2.45) is 0 Å². The number of aromatic nitrogens is 2. The Balaban J connectivity index is 2.10. The molecule has 0 fully saturated rings. The zero-order valence-corrected chi connectivity index (χ0v) is 11.8. The molecule has 1 atom stereocenters. The van der Waals surface area contributed by atoms with Crippen molar-refractivity contribution in [3.8, 4) is 11.5 Å². The van der Waals surface area contributed by atoms with E-state index in [-0.39, 0.29) is 5.69 Å². The molecule has 7 nitrogen and oxygen atoms in total. The number of aromatic amines is 1. The number of aliphatic carboxylic acids is 1. The summed E-state index contributed by atoms with van der Waals surface area (Å²) >= 11 is 0. The van der Waals surface area contributed by atoms with Gasteiger partial charge in [-0.25, -0.2) is 4.79 Å². The maximum absolute atomic E-state index is 12.0. The molecule has 0 bridgehead atoms. The molecular formula is C14H17N3O4. The van der Waals surface area contributed by atoms with Gasteiger partial charge in [0.25, 0.3) is 5.91 Å². The molecule has 0 aliphatic carbocycles. The van der Waals surface area contributed by atoms with Gasteiger partial charge in [0, 0.05) is 6.07 Å². The van der Waals surface area contributed by atoms with Gasteiger partial charge < -0.3 is 14.8 Å². The number of H-pyrrole nitrogens is 1. The lowest BCUT2D eigenvalue weighted by atomic mass is 10.1. The normalized spacial score (nSPS) is 12.1. The number of carbonyl (C=O) groups excluding carboxylic acids is 1. The molecule has 0 saturated carbocycles. The Morgan fingerprint density at radius 3 is 2.81 bits per heavy atom. The molecule has 7 heteroatoms. The smallest absolute Gasteiger partial charge is 0.326 e. The van der Waals surface area contributed by atoms with Crippen LogP contribution in [-0.4, -0.2) is 33.2 Å². The van der Waals surface area contributed by atoms with E-state index in [1.807, 2.05) is 13.8 Å². The first-order valence-corrected chi connectivity index (χ1v) is 6.67. The summed E-state index contributed by atoms with van der Waals surface area (Å²) in [5, 5.41) is 18.1. The van der Waals surface area contributed by atoms with Gasteiger partial charge >= 0.3 is 5.97 Å². The van der Waals surface area contributed by atoms with Crippen molar-refractivity contribution < 1.29 is 19.1 Å². The van der Waals surface area contributed by atoms with E-state index in [2.05, 4.69) is 15.5 Å². The second kappa shape index (κ2) is 6.25. The fourth-order valence-corrected chi connectivity index (χ4v) is 1.92. The van der Waals surface area contributed by atoms with Gasteiger partial charge in [-0.15, -0.1) is 0 Å². The monoisotopic (exact) mass is 291 g/mol. The molecule has 112 valence electrons. The molecular weight excluding hydrogens is 274 g/mol. The molecule has 2 heterocycles. The number of hydrogen-bond donors (Lipinski definition) is 3. The summed E-state index contributed by atoms with van der Waals surface area (Å²) in [4.78, 5) is 23.0. The van der Waals surface area contributed by atoms with E-state index in [1.54, 1.807) is 12.1 Å². The number of aryl methyl sites for hydroxylation is 1. The Hall–Kier alpha value is -2.57. The Morgan fingerprint density at radius 2 is 2.24 bits per heavy atom. The highest BCUT2D eigenvalue weighted by Gasteiger charge is 2.21. The van der Waals surface area contributed by atoms with Crippen LogP contribution < -0.4 is 5.32 Å². The average molecular weight is 291 g/mol. The number of nitrogens with zero attached hydrogens (tertiary/aromatic N) is 1. The molecule has 2 aromatic rings. The summed E-state index contributed by atoms with van der Waals surface area (Å²) < 4.78 is 5.42. The summed E-state index contributed by atoms with van der Waals surface area (Å²) in [5.74, 6) is -0.258. The number of carboxylic acid groups (broad SMARTS) is 1. The first kappa shape index (κ1) is 14.8. The van der Waals surface area contributed by atoms with E-state index in [0.717, 1.165) is 5.76 Å². The standard InChI is InChI=1S/C14H17N3O4/c1-3-4-9(14(19)20)15-13(18)11-7-10(16-17-11)12-6-5-8(2)21-12/h5-7,9H,3-4H2,1-2H3,(H,15,18)(H,16,17)(H,19,20). The average Bonchev–Trinajstić information content (AvgIpc) is 3.06. The molecule has 0 saturated heterocycles. The van der Waals surface area contributed by atoms with Crippen LogP contribution >= 0.6 is 0 Å². The fourth-order valence-electron chi connectivity index (χ4n) is 1.92. The van der Waals surface area contributed by atoms with Crippen LogP contribution in [0.1, 0.15) is 36.0 Å². The highest BCUT2D eigenvalue weighted by Crippen LogP contribution is 2.20. The predicted octanol–water partition coefficient (Wildman–Crippen LogP) is 1.96. The van der Waals surface area contributed by atoms with E-state index in [0.29, 0.717) is 24.3 Å². The third kappa shape index (κ3) is 3.50. The van der Waals surface area contributed by atoms with Crippen LogP contribution in [0.25, 0.3) is 11.5 Å². The van der Waals surface area contributed by atoms with Crippen molar-refractivity contribution in [3.63, 3.8) is 0 Å². The Bertz CT molecular complexity index is 644. The van der Waals surface area contributed by atoms with Crippen LogP contribution in [0.15, 0.2) is 22.6 Å². The minimum atomic E-state index is -1.05. The first-order chi connectivity index (χ1) is 10.0. The van der Waals surface area contributed by atoms with Gasteiger partial charge in [-0.2, -0.15) is 5.10 Å². The Labute approximate surface area is 121 Å². The fraction of sp³-hybridized carbons (Fsp3) is 0.357. The van der Waals surface area contributed by atoms with Gasteiger partial charge in [0.2, 0.25) is 0 Å². The largest absolute Gasteiger partial charge is 0.480 e. The Kier molecular flexibility index (Phi) is 4.42. The van der Waals surface area contributed by atoms with Gasteiger partial charge in [-0.1, -0.05) is 13.3 Å². The van der Waals surface area contributed by atoms with Crippen molar-refractivity contribution in [1.82, 2.24) is 15.5 Å². The van der Waals surface area contributed by atoms with E-state index >= 15 is 0 Å². The first-order valence-electron chi connectivity index (χ1n) is 6.67. The highest BCUT2D eigenvalue weighted by molar-refractivity contribution is 5.95. The van der Waals surface area contributed by atoms with Crippen LogP contribution in [0.3, 0.4) is 0 Å². The summed E-state index contributed by atoms with van der Waals surface area (Å²) in [7, 11) is 0. The molecule has 0 spiro atoms. The number of carbonyl (C=O) groups is 2. The summed E-state index contributed by atoms with van der Waals surface area (Å²) in [5.41, 5.74) is 0.692. The molecule has 0 aromatic carbocycles. The molecule has 21 heavy (non-hydrogen) atoms. The lowest BCUT2D eigenvalue weighted by Gasteiger charge is -2.11. The van der Waals surface area contributed by atoms with Gasteiger partial charge in [0.15, 0.2) is 11.5 Å². The maximum Gasteiger partial charge on any atom is 0.326 e. The zero-order valence-electron chi connectivity index (χ0n) is 11.8. The van der Waals surface area contributed by atoms with Gasteiger partial charge in [-0.3, -0.25) is 9.89 Å². The predicted molar refractivity (Wildman–Crippen MR) is 74.8 cm³/mol. The second-order valence-electron chi connectivity index (χ2n) is 4.73. The topological polar surface area (TPSA) is 108 Å².